The number of H-pyrrole nitrogens is 1. The van der Waals surface area contributed by atoms with Gasteiger partial charge in [0, 0.05) is 12.1 Å². The molecule has 2 rings (SSSR count). The fraction of sp³-hybridized carbons (Fsp3) is 0.250. The van der Waals surface area contributed by atoms with Gasteiger partial charge in [-0.3, -0.25) is 9.89 Å². The Morgan fingerprint density at radius 1 is 1.55 bits per heavy atom. The van der Waals surface area contributed by atoms with Gasteiger partial charge in [0.1, 0.15) is 12.4 Å². The first-order chi connectivity index (χ1) is 9.56. The summed E-state index contributed by atoms with van der Waals surface area (Å²) in [5.41, 5.74) is 5.35. The van der Waals surface area contributed by atoms with Crippen LogP contribution in [0.1, 0.15) is 10.6 Å². The van der Waals surface area contributed by atoms with Crippen molar-refractivity contribution in [2.45, 2.75) is 0 Å². The van der Waals surface area contributed by atoms with Gasteiger partial charge in [-0.15, -0.1) is 5.10 Å². The van der Waals surface area contributed by atoms with E-state index in [9.17, 15) is 4.79 Å². The number of halogens is 1. The lowest BCUT2D eigenvalue weighted by Gasteiger charge is -2.15. The summed E-state index contributed by atoms with van der Waals surface area (Å²) < 4.78 is 5.50. The van der Waals surface area contributed by atoms with Crippen LogP contribution in [-0.2, 0) is 0 Å². The smallest absolute Gasteiger partial charge is 0.291 e. The van der Waals surface area contributed by atoms with Crippen molar-refractivity contribution in [3.63, 3.8) is 0 Å². The number of nitrogen functional groups attached to an aromatic ring is 1. The predicted octanol–water partition coefficient (Wildman–Crippen LogP) is 1.19. The van der Waals surface area contributed by atoms with Crippen molar-refractivity contribution in [1.29, 1.82) is 0 Å². The van der Waals surface area contributed by atoms with Crippen LogP contribution in [0.3, 0.4) is 0 Å². The Kier molecular flexibility index (Phi) is 4.41. The number of aromatic nitrogens is 3. The Bertz CT molecular complexity index is 601. The Hall–Kier alpha value is -2.28. The van der Waals surface area contributed by atoms with E-state index in [0.29, 0.717) is 23.9 Å². The van der Waals surface area contributed by atoms with Gasteiger partial charge in [-0.25, -0.2) is 0 Å². The summed E-state index contributed by atoms with van der Waals surface area (Å²) in [7, 11) is 1.64. The van der Waals surface area contributed by atoms with Gasteiger partial charge in [0.2, 0.25) is 11.8 Å². The molecule has 0 unspecified atom stereocenters. The molecular formula is C12H14ClN5O2. The summed E-state index contributed by atoms with van der Waals surface area (Å²) in [6.07, 6.45) is 0. The molecule has 0 atom stereocenters. The van der Waals surface area contributed by atoms with Crippen molar-refractivity contribution in [3.8, 4) is 5.75 Å². The lowest BCUT2D eigenvalue weighted by Crippen LogP contribution is -2.31. The van der Waals surface area contributed by atoms with Crippen molar-refractivity contribution in [2.75, 3.05) is 25.9 Å². The van der Waals surface area contributed by atoms with E-state index in [1.807, 2.05) is 0 Å². The van der Waals surface area contributed by atoms with E-state index in [4.69, 9.17) is 22.1 Å². The largest absolute Gasteiger partial charge is 0.492 e. The molecule has 3 N–H and O–H groups in total. The zero-order valence-electron chi connectivity index (χ0n) is 10.8. The van der Waals surface area contributed by atoms with Gasteiger partial charge in [0.15, 0.2) is 0 Å². The fourth-order valence-electron chi connectivity index (χ4n) is 1.51. The standard InChI is InChI=1S/C12H14ClN5O2/c1-18(11(19)10-15-12(14)17-16-10)5-6-20-9-4-2-3-8(13)7-9/h2-4,7H,5-6H2,1H3,(H3,14,15,16,17). The maximum absolute atomic E-state index is 11.9. The molecule has 2 aromatic rings. The molecule has 1 aromatic carbocycles. The first-order valence-corrected chi connectivity index (χ1v) is 6.26. The molecule has 0 bridgehead atoms. The number of anilines is 1. The molecule has 0 saturated heterocycles. The van der Waals surface area contributed by atoms with Crippen LogP contribution in [0, 0.1) is 0 Å². The number of hydrogen-bond acceptors (Lipinski definition) is 5. The van der Waals surface area contributed by atoms with Gasteiger partial charge in [0.25, 0.3) is 5.91 Å². The highest BCUT2D eigenvalue weighted by atomic mass is 35.5. The summed E-state index contributed by atoms with van der Waals surface area (Å²) in [6, 6.07) is 7.06. The van der Waals surface area contributed by atoms with Crippen LogP contribution in [0.25, 0.3) is 0 Å². The molecule has 106 valence electrons. The van der Waals surface area contributed by atoms with Crippen LogP contribution in [0.2, 0.25) is 5.02 Å². The van der Waals surface area contributed by atoms with Crippen molar-refractivity contribution < 1.29 is 9.53 Å². The number of amides is 1. The van der Waals surface area contributed by atoms with Gasteiger partial charge >= 0.3 is 0 Å². The van der Waals surface area contributed by atoms with Crippen LogP contribution in [0.15, 0.2) is 24.3 Å². The highest BCUT2D eigenvalue weighted by Crippen LogP contribution is 2.16. The zero-order valence-corrected chi connectivity index (χ0v) is 11.6. The summed E-state index contributed by atoms with van der Waals surface area (Å²) in [5.74, 6) is 0.496. The summed E-state index contributed by atoms with van der Waals surface area (Å²) in [4.78, 5) is 17.1. The second kappa shape index (κ2) is 6.25. The molecule has 0 spiro atoms. The fourth-order valence-corrected chi connectivity index (χ4v) is 1.69. The molecule has 20 heavy (non-hydrogen) atoms. The number of nitrogens with one attached hydrogen (secondary N) is 1. The number of hydrogen-bond donors (Lipinski definition) is 2. The Morgan fingerprint density at radius 3 is 3.00 bits per heavy atom. The number of likely N-dealkylation sites (N-methyl/N-ethyl adjacent to an activating group) is 1. The number of carbonyl (C=O) groups is 1. The van der Waals surface area contributed by atoms with Crippen molar-refractivity contribution in [1.82, 2.24) is 20.1 Å². The van der Waals surface area contributed by atoms with Crippen molar-refractivity contribution in [2.24, 2.45) is 0 Å². The van der Waals surface area contributed by atoms with Crippen LogP contribution >= 0.6 is 11.6 Å². The molecule has 0 aliphatic rings. The molecule has 0 aliphatic heterocycles. The van der Waals surface area contributed by atoms with Gasteiger partial charge in [-0.1, -0.05) is 17.7 Å². The van der Waals surface area contributed by atoms with E-state index in [2.05, 4.69) is 15.2 Å². The SMILES string of the molecule is CN(CCOc1cccc(Cl)c1)C(=O)c1nc(N)n[nH]1. The summed E-state index contributed by atoms with van der Waals surface area (Å²) in [6.45, 7) is 0.734. The molecule has 1 heterocycles. The van der Waals surface area contributed by atoms with E-state index in [1.165, 1.54) is 4.90 Å². The minimum Gasteiger partial charge on any atom is -0.492 e. The number of rotatable bonds is 5. The number of nitrogens with zero attached hydrogens (tertiary/aromatic N) is 3. The number of aromatic amines is 1. The van der Waals surface area contributed by atoms with E-state index >= 15 is 0 Å². The lowest BCUT2D eigenvalue weighted by atomic mass is 10.3. The molecule has 0 aliphatic carbocycles. The Balaban J connectivity index is 1.83. The quantitative estimate of drug-likeness (QED) is 0.863. The average molecular weight is 296 g/mol. The Morgan fingerprint density at radius 2 is 2.35 bits per heavy atom. The van der Waals surface area contributed by atoms with E-state index in [-0.39, 0.29) is 17.7 Å². The monoisotopic (exact) mass is 295 g/mol. The maximum atomic E-state index is 11.9. The van der Waals surface area contributed by atoms with Gasteiger partial charge in [0.05, 0.1) is 6.54 Å². The third kappa shape index (κ3) is 3.61. The normalized spacial score (nSPS) is 10.3. The first-order valence-electron chi connectivity index (χ1n) is 5.88. The molecule has 1 amide bonds. The average Bonchev–Trinajstić information content (AvgIpc) is 2.84. The van der Waals surface area contributed by atoms with Gasteiger partial charge in [-0.2, -0.15) is 4.98 Å². The second-order valence-corrected chi connectivity index (χ2v) is 4.51. The minimum absolute atomic E-state index is 0.0388. The minimum atomic E-state index is -0.302. The van der Waals surface area contributed by atoms with Crippen LogP contribution < -0.4 is 10.5 Å². The van der Waals surface area contributed by atoms with Gasteiger partial charge in [-0.05, 0) is 18.2 Å². The third-order valence-corrected chi connectivity index (χ3v) is 2.78. The van der Waals surface area contributed by atoms with Crippen LogP contribution in [0.5, 0.6) is 5.75 Å². The number of carbonyl (C=O) groups excluding carboxylic acids is 1. The maximum Gasteiger partial charge on any atom is 0.291 e. The third-order valence-electron chi connectivity index (χ3n) is 2.54. The second-order valence-electron chi connectivity index (χ2n) is 4.07. The molecule has 0 saturated carbocycles. The molecule has 7 nitrogen and oxygen atoms in total. The van der Waals surface area contributed by atoms with E-state index in [0.717, 1.165) is 0 Å². The van der Waals surface area contributed by atoms with Crippen molar-refractivity contribution in [3.05, 3.63) is 35.1 Å². The highest BCUT2D eigenvalue weighted by Gasteiger charge is 2.15. The lowest BCUT2D eigenvalue weighted by molar-refractivity contribution is 0.0762. The predicted molar refractivity (Wildman–Crippen MR) is 74.7 cm³/mol. The molecule has 1 aromatic heterocycles. The van der Waals surface area contributed by atoms with Crippen molar-refractivity contribution >= 4 is 23.5 Å². The van der Waals surface area contributed by atoms with Crippen LogP contribution in [0.4, 0.5) is 5.95 Å². The van der Waals surface area contributed by atoms with E-state index in [1.54, 1.807) is 31.3 Å². The first kappa shape index (κ1) is 14.1. The number of ether oxygens (including phenoxy) is 1. The zero-order chi connectivity index (χ0) is 14.5. The molecule has 0 fully saturated rings. The topological polar surface area (TPSA) is 97.1 Å². The van der Waals surface area contributed by atoms with E-state index < -0.39 is 0 Å². The Labute approximate surface area is 120 Å². The van der Waals surface area contributed by atoms with Gasteiger partial charge < -0.3 is 15.4 Å². The molecule has 8 heteroatoms. The number of nitrogens with two attached hydrogens (primary N) is 1. The molecular weight excluding hydrogens is 282 g/mol. The van der Waals surface area contributed by atoms with Crippen LogP contribution in [-0.4, -0.2) is 46.2 Å². The summed E-state index contributed by atoms with van der Waals surface area (Å²) in [5, 5.41) is 6.67. The molecule has 0 radical (unpaired) electrons. The highest BCUT2D eigenvalue weighted by molar-refractivity contribution is 6.30. The number of benzene rings is 1. The summed E-state index contributed by atoms with van der Waals surface area (Å²) >= 11 is 5.84.